The van der Waals surface area contributed by atoms with Crippen LogP contribution in [0.4, 0.5) is 0 Å². The first-order chi connectivity index (χ1) is 7.66. The molecule has 1 aromatic carbocycles. The van der Waals surface area contributed by atoms with Crippen molar-refractivity contribution in [2.75, 3.05) is 14.1 Å². The van der Waals surface area contributed by atoms with Crippen molar-refractivity contribution in [3.63, 3.8) is 0 Å². The lowest BCUT2D eigenvalue weighted by Crippen LogP contribution is -2.18. The van der Waals surface area contributed by atoms with E-state index in [0.717, 1.165) is 10.9 Å². The van der Waals surface area contributed by atoms with Crippen LogP contribution in [0.2, 0.25) is 0 Å². The Morgan fingerprint density at radius 1 is 1.31 bits per heavy atom. The van der Waals surface area contributed by atoms with E-state index in [1.165, 1.54) is 11.3 Å². The van der Waals surface area contributed by atoms with E-state index >= 15 is 0 Å². The molecular weight excluding hydrogens is 204 g/mol. The van der Waals surface area contributed by atoms with Crippen LogP contribution in [-0.2, 0) is 4.84 Å². The largest absolute Gasteiger partial charge is 0.364 e. The molecule has 0 aliphatic carbocycles. The molecule has 0 amide bonds. The molecule has 0 radical (unpaired) electrons. The highest BCUT2D eigenvalue weighted by Crippen LogP contribution is 2.13. The number of hydrogen-bond donors (Lipinski definition) is 0. The Balaban J connectivity index is 2.35. The second-order valence-corrected chi connectivity index (χ2v) is 3.61. The Morgan fingerprint density at radius 3 is 2.81 bits per heavy atom. The summed E-state index contributed by atoms with van der Waals surface area (Å²) in [6.45, 7) is 0. The van der Waals surface area contributed by atoms with Crippen LogP contribution in [0.15, 0.2) is 36.5 Å². The normalized spacial score (nSPS) is 10.7. The summed E-state index contributed by atoms with van der Waals surface area (Å²) < 4.78 is 0. The molecule has 2 rings (SSSR count). The van der Waals surface area contributed by atoms with Crippen molar-refractivity contribution in [3.8, 4) is 0 Å². The highest BCUT2D eigenvalue weighted by Gasteiger charge is 2.09. The van der Waals surface area contributed by atoms with Crippen molar-refractivity contribution in [2.24, 2.45) is 0 Å². The van der Waals surface area contributed by atoms with Gasteiger partial charge in [-0.15, -0.1) is 5.06 Å². The van der Waals surface area contributed by atoms with Gasteiger partial charge in [-0.3, -0.25) is 4.98 Å². The first-order valence-electron chi connectivity index (χ1n) is 4.91. The average molecular weight is 216 g/mol. The van der Waals surface area contributed by atoms with Gasteiger partial charge in [-0.2, -0.15) is 0 Å². The number of carbonyl (C=O) groups is 1. The van der Waals surface area contributed by atoms with Crippen LogP contribution in [0.1, 0.15) is 10.4 Å². The van der Waals surface area contributed by atoms with Gasteiger partial charge >= 0.3 is 5.97 Å². The molecule has 0 aliphatic rings. The number of rotatable bonds is 2. The van der Waals surface area contributed by atoms with Gasteiger partial charge in [0.2, 0.25) is 0 Å². The number of carbonyl (C=O) groups excluding carboxylic acids is 1. The van der Waals surface area contributed by atoms with E-state index < -0.39 is 5.97 Å². The molecule has 0 unspecified atom stereocenters. The van der Waals surface area contributed by atoms with Gasteiger partial charge in [0.25, 0.3) is 0 Å². The van der Waals surface area contributed by atoms with Crippen LogP contribution in [0, 0.1) is 0 Å². The molecule has 0 N–H and O–H groups in total. The Labute approximate surface area is 93.4 Å². The van der Waals surface area contributed by atoms with Gasteiger partial charge in [0.1, 0.15) is 0 Å². The van der Waals surface area contributed by atoms with Crippen LogP contribution in [0.5, 0.6) is 0 Å². The van der Waals surface area contributed by atoms with Crippen LogP contribution in [0.3, 0.4) is 0 Å². The fourth-order valence-electron chi connectivity index (χ4n) is 1.40. The minimum absolute atomic E-state index is 0.400. The van der Waals surface area contributed by atoms with Crippen molar-refractivity contribution < 1.29 is 9.63 Å². The van der Waals surface area contributed by atoms with Crippen LogP contribution >= 0.6 is 0 Å². The highest BCUT2D eigenvalue weighted by molar-refractivity contribution is 5.93. The van der Waals surface area contributed by atoms with Gasteiger partial charge in [-0.05, 0) is 12.1 Å². The summed E-state index contributed by atoms with van der Waals surface area (Å²) >= 11 is 0. The summed E-state index contributed by atoms with van der Waals surface area (Å²) in [5.74, 6) is -0.400. The van der Waals surface area contributed by atoms with Gasteiger partial charge in [0.15, 0.2) is 0 Å². The Kier molecular flexibility index (Phi) is 2.83. The highest BCUT2D eigenvalue weighted by atomic mass is 16.7. The summed E-state index contributed by atoms with van der Waals surface area (Å²) in [6.07, 6.45) is 1.52. The van der Waals surface area contributed by atoms with E-state index in [0.29, 0.717) is 5.56 Å². The summed E-state index contributed by atoms with van der Waals surface area (Å²) in [4.78, 5) is 20.7. The van der Waals surface area contributed by atoms with E-state index in [1.807, 2.05) is 24.3 Å². The summed E-state index contributed by atoms with van der Waals surface area (Å²) in [6, 6.07) is 9.40. The molecule has 4 heteroatoms. The van der Waals surface area contributed by atoms with Gasteiger partial charge in [0.05, 0.1) is 11.1 Å². The van der Waals surface area contributed by atoms with Crippen LogP contribution in [-0.4, -0.2) is 30.1 Å². The average Bonchev–Trinajstić information content (AvgIpc) is 2.27. The van der Waals surface area contributed by atoms with Crippen molar-refractivity contribution in [3.05, 3.63) is 42.1 Å². The second-order valence-electron chi connectivity index (χ2n) is 3.61. The van der Waals surface area contributed by atoms with Crippen molar-refractivity contribution >= 4 is 16.9 Å². The monoisotopic (exact) mass is 216 g/mol. The number of fused-ring (bicyclic) bond motifs is 1. The van der Waals surface area contributed by atoms with Crippen LogP contribution < -0.4 is 0 Å². The van der Waals surface area contributed by atoms with E-state index in [9.17, 15) is 4.79 Å². The predicted molar refractivity (Wildman–Crippen MR) is 60.8 cm³/mol. The lowest BCUT2D eigenvalue weighted by molar-refractivity contribution is -0.0713. The second kappa shape index (κ2) is 4.28. The maximum Gasteiger partial charge on any atom is 0.358 e. The van der Waals surface area contributed by atoms with E-state index in [1.54, 1.807) is 20.2 Å². The van der Waals surface area contributed by atoms with Crippen molar-refractivity contribution in [2.45, 2.75) is 0 Å². The zero-order chi connectivity index (χ0) is 11.5. The molecule has 0 atom stereocenters. The van der Waals surface area contributed by atoms with E-state index in [4.69, 9.17) is 4.84 Å². The molecule has 0 saturated carbocycles. The maximum atomic E-state index is 11.6. The minimum Gasteiger partial charge on any atom is -0.364 e. The van der Waals surface area contributed by atoms with E-state index in [-0.39, 0.29) is 0 Å². The van der Waals surface area contributed by atoms with Crippen molar-refractivity contribution in [1.29, 1.82) is 0 Å². The lowest BCUT2D eigenvalue weighted by atomic mass is 10.2. The number of benzene rings is 1. The number of aromatic nitrogens is 1. The summed E-state index contributed by atoms with van der Waals surface area (Å²) in [7, 11) is 3.32. The molecule has 0 bridgehead atoms. The first kappa shape index (κ1) is 10.6. The Hall–Kier alpha value is -1.94. The Bertz CT molecular complexity index is 523. The molecule has 82 valence electrons. The fraction of sp³-hybridized carbons (Fsp3) is 0.167. The summed E-state index contributed by atoms with van der Waals surface area (Å²) in [5, 5.41) is 2.29. The molecule has 2 aromatic rings. The predicted octanol–water partition coefficient (Wildman–Crippen LogP) is 1.87. The van der Waals surface area contributed by atoms with Gasteiger partial charge in [-0.25, -0.2) is 4.79 Å². The number of nitrogens with zero attached hydrogens (tertiary/aromatic N) is 2. The molecule has 0 saturated heterocycles. The van der Waals surface area contributed by atoms with Gasteiger partial charge < -0.3 is 4.84 Å². The number of hydrogen-bond acceptors (Lipinski definition) is 4. The topological polar surface area (TPSA) is 42.4 Å². The van der Waals surface area contributed by atoms with Gasteiger partial charge in [-0.1, -0.05) is 18.2 Å². The number of para-hydroxylation sites is 1. The molecular formula is C12H12N2O2. The quantitative estimate of drug-likeness (QED) is 0.719. The fourth-order valence-corrected chi connectivity index (χ4v) is 1.40. The standard InChI is InChI=1S/C12H12N2O2/c1-14(2)16-12(15)10-7-9-5-3-4-6-11(9)13-8-10/h3-8H,1-2H3. The third kappa shape index (κ3) is 2.17. The third-order valence-electron chi connectivity index (χ3n) is 2.09. The SMILES string of the molecule is CN(C)OC(=O)c1cnc2ccccc2c1. The number of pyridine rings is 1. The first-order valence-corrected chi connectivity index (χ1v) is 4.91. The number of hydroxylamine groups is 2. The molecule has 1 heterocycles. The third-order valence-corrected chi connectivity index (χ3v) is 2.09. The molecule has 0 spiro atoms. The smallest absolute Gasteiger partial charge is 0.358 e. The van der Waals surface area contributed by atoms with Crippen molar-refractivity contribution in [1.82, 2.24) is 10.0 Å². The molecule has 0 aliphatic heterocycles. The maximum absolute atomic E-state index is 11.6. The molecule has 4 nitrogen and oxygen atoms in total. The van der Waals surface area contributed by atoms with Crippen LogP contribution in [0.25, 0.3) is 10.9 Å². The van der Waals surface area contributed by atoms with Gasteiger partial charge in [0, 0.05) is 25.7 Å². The molecule has 16 heavy (non-hydrogen) atoms. The summed E-state index contributed by atoms with van der Waals surface area (Å²) in [5.41, 5.74) is 1.32. The molecule has 1 aromatic heterocycles. The zero-order valence-electron chi connectivity index (χ0n) is 9.18. The zero-order valence-corrected chi connectivity index (χ0v) is 9.18. The minimum atomic E-state index is -0.400. The molecule has 0 fully saturated rings. The lowest BCUT2D eigenvalue weighted by Gasteiger charge is -2.09. The van der Waals surface area contributed by atoms with E-state index in [2.05, 4.69) is 4.98 Å². The Morgan fingerprint density at radius 2 is 2.06 bits per heavy atom.